The fraction of sp³-hybridized carbons (Fsp3) is 0.579. The molecule has 0 amide bonds. The van der Waals surface area contributed by atoms with Gasteiger partial charge in [-0.25, -0.2) is 4.98 Å². The molecule has 2 saturated heterocycles. The van der Waals surface area contributed by atoms with E-state index in [2.05, 4.69) is 39.2 Å². The highest BCUT2D eigenvalue weighted by molar-refractivity contribution is 7.11. The zero-order chi connectivity index (χ0) is 17.8. The van der Waals surface area contributed by atoms with Gasteiger partial charge in [0.25, 0.3) is 0 Å². The Morgan fingerprint density at radius 3 is 2.92 bits per heavy atom. The number of nitrogens with zero attached hydrogens (tertiary/aromatic N) is 4. The van der Waals surface area contributed by atoms with Gasteiger partial charge in [0.15, 0.2) is 0 Å². The Morgan fingerprint density at radius 1 is 1.23 bits per heavy atom. The number of morpholine rings is 1. The minimum atomic E-state index is 0.442. The van der Waals surface area contributed by atoms with Crippen LogP contribution >= 0.6 is 11.3 Å². The van der Waals surface area contributed by atoms with E-state index in [1.165, 1.54) is 29.1 Å². The average Bonchev–Trinajstić information content (AvgIpc) is 3.08. The summed E-state index contributed by atoms with van der Waals surface area (Å²) in [4.78, 5) is 16.8. The Balaban J connectivity index is 1.35. The van der Waals surface area contributed by atoms with E-state index in [0.29, 0.717) is 6.04 Å². The topological polar surface area (TPSA) is 53.5 Å². The van der Waals surface area contributed by atoms with E-state index >= 15 is 0 Å². The van der Waals surface area contributed by atoms with Crippen molar-refractivity contribution < 1.29 is 4.74 Å². The SMILES string of the molecule is Cc1ccc(CN2CCCC(Nc3ccnc(N4CCOCC4)n3)C2)s1. The van der Waals surface area contributed by atoms with Crippen LogP contribution in [-0.4, -0.2) is 60.3 Å². The molecule has 1 unspecified atom stereocenters. The third-order valence-electron chi connectivity index (χ3n) is 4.97. The molecule has 1 atom stereocenters. The van der Waals surface area contributed by atoms with E-state index in [4.69, 9.17) is 9.72 Å². The second-order valence-electron chi connectivity index (χ2n) is 7.07. The van der Waals surface area contributed by atoms with Crippen molar-refractivity contribution >= 4 is 23.1 Å². The molecule has 1 N–H and O–H groups in total. The first-order chi connectivity index (χ1) is 12.8. The van der Waals surface area contributed by atoms with E-state index < -0.39 is 0 Å². The molecule has 0 aliphatic carbocycles. The van der Waals surface area contributed by atoms with Crippen LogP contribution in [0.4, 0.5) is 11.8 Å². The minimum absolute atomic E-state index is 0.442. The summed E-state index contributed by atoms with van der Waals surface area (Å²) in [5.41, 5.74) is 0. The molecule has 26 heavy (non-hydrogen) atoms. The van der Waals surface area contributed by atoms with Gasteiger partial charge in [0.1, 0.15) is 5.82 Å². The summed E-state index contributed by atoms with van der Waals surface area (Å²) in [6, 6.07) is 6.90. The molecule has 140 valence electrons. The lowest BCUT2D eigenvalue weighted by molar-refractivity contribution is 0.122. The van der Waals surface area contributed by atoms with Crippen LogP contribution < -0.4 is 10.2 Å². The van der Waals surface area contributed by atoms with Crippen LogP contribution in [0.5, 0.6) is 0 Å². The van der Waals surface area contributed by atoms with Crippen LogP contribution in [-0.2, 0) is 11.3 Å². The molecular weight excluding hydrogens is 346 g/mol. The molecular formula is C19H27N5OS. The van der Waals surface area contributed by atoms with Crippen LogP contribution in [0.15, 0.2) is 24.4 Å². The first-order valence-electron chi connectivity index (χ1n) is 9.46. The quantitative estimate of drug-likeness (QED) is 0.870. The van der Waals surface area contributed by atoms with Crippen LogP contribution in [0.3, 0.4) is 0 Å². The highest BCUT2D eigenvalue weighted by Crippen LogP contribution is 2.21. The second-order valence-corrected chi connectivity index (χ2v) is 8.44. The van der Waals surface area contributed by atoms with Crippen molar-refractivity contribution in [3.8, 4) is 0 Å². The van der Waals surface area contributed by atoms with E-state index in [0.717, 1.165) is 51.2 Å². The van der Waals surface area contributed by atoms with E-state index in [1.807, 2.05) is 23.6 Å². The van der Waals surface area contributed by atoms with Gasteiger partial charge >= 0.3 is 0 Å². The standard InChI is InChI=1S/C19H27N5OS/c1-15-4-5-17(26-15)14-23-8-2-3-16(13-23)21-18-6-7-20-19(22-18)24-9-11-25-12-10-24/h4-7,16H,2-3,8-14H2,1H3,(H,20,21,22). The number of anilines is 2. The molecule has 2 aromatic heterocycles. The van der Waals surface area contributed by atoms with Gasteiger partial charge in [0, 0.05) is 48.2 Å². The average molecular weight is 374 g/mol. The van der Waals surface area contributed by atoms with Crippen LogP contribution in [0, 0.1) is 6.92 Å². The predicted octanol–water partition coefficient (Wildman–Crippen LogP) is 2.76. The number of nitrogens with one attached hydrogen (secondary N) is 1. The Morgan fingerprint density at radius 2 is 2.12 bits per heavy atom. The number of rotatable bonds is 5. The number of aryl methyl sites for hydroxylation is 1. The molecule has 0 bridgehead atoms. The number of hydrogen-bond donors (Lipinski definition) is 1. The molecule has 0 saturated carbocycles. The van der Waals surface area contributed by atoms with Gasteiger partial charge in [-0.1, -0.05) is 0 Å². The molecule has 6 nitrogen and oxygen atoms in total. The molecule has 2 aliphatic heterocycles. The number of aromatic nitrogens is 2. The molecule has 2 aliphatic rings. The Labute approximate surface area is 159 Å². The molecule has 2 aromatic rings. The zero-order valence-electron chi connectivity index (χ0n) is 15.4. The normalized spacial score (nSPS) is 21.7. The van der Waals surface area contributed by atoms with Crippen molar-refractivity contribution in [1.29, 1.82) is 0 Å². The van der Waals surface area contributed by atoms with Gasteiger partial charge in [0.05, 0.1) is 13.2 Å². The highest BCUT2D eigenvalue weighted by atomic mass is 32.1. The maximum Gasteiger partial charge on any atom is 0.227 e. The molecule has 2 fully saturated rings. The Bertz CT molecular complexity index is 715. The molecule has 0 radical (unpaired) electrons. The van der Waals surface area contributed by atoms with Gasteiger partial charge in [-0.2, -0.15) is 4.98 Å². The largest absolute Gasteiger partial charge is 0.378 e. The zero-order valence-corrected chi connectivity index (χ0v) is 16.2. The van der Waals surface area contributed by atoms with Crippen LogP contribution in [0.25, 0.3) is 0 Å². The summed E-state index contributed by atoms with van der Waals surface area (Å²) in [7, 11) is 0. The maximum atomic E-state index is 5.42. The fourth-order valence-electron chi connectivity index (χ4n) is 3.66. The van der Waals surface area contributed by atoms with Gasteiger partial charge in [-0.05, 0) is 44.5 Å². The van der Waals surface area contributed by atoms with Gasteiger partial charge in [-0.15, -0.1) is 11.3 Å². The third kappa shape index (κ3) is 4.52. The molecule has 0 aromatic carbocycles. The number of hydrogen-bond acceptors (Lipinski definition) is 7. The predicted molar refractivity (Wildman–Crippen MR) is 106 cm³/mol. The van der Waals surface area contributed by atoms with E-state index in [1.54, 1.807) is 0 Å². The molecule has 4 rings (SSSR count). The van der Waals surface area contributed by atoms with E-state index in [-0.39, 0.29) is 0 Å². The van der Waals surface area contributed by atoms with Gasteiger partial charge in [0.2, 0.25) is 5.95 Å². The summed E-state index contributed by atoms with van der Waals surface area (Å²) in [6.07, 6.45) is 4.27. The van der Waals surface area contributed by atoms with Crippen molar-refractivity contribution in [2.75, 3.05) is 49.6 Å². The molecule has 4 heterocycles. The number of likely N-dealkylation sites (tertiary alicyclic amines) is 1. The van der Waals surface area contributed by atoms with Crippen LogP contribution in [0.1, 0.15) is 22.6 Å². The summed E-state index contributed by atoms with van der Waals surface area (Å²) in [5, 5.41) is 3.63. The van der Waals surface area contributed by atoms with Crippen molar-refractivity contribution in [2.24, 2.45) is 0 Å². The van der Waals surface area contributed by atoms with Crippen molar-refractivity contribution in [3.05, 3.63) is 34.2 Å². The summed E-state index contributed by atoms with van der Waals surface area (Å²) in [5.74, 6) is 1.74. The lowest BCUT2D eigenvalue weighted by atomic mass is 10.1. The van der Waals surface area contributed by atoms with E-state index in [9.17, 15) is 0 Å². The summed E-state index contributed by atoms with van der Waals surface area (Å²) < 4.78 is 5.42. The van der Waals surface area contributed by atoms with Crippen molar-refractivity contribution in [2.45, 2.75) is 32.4 Å². The lowest BCUT2D eigenvalue weighted by Gasteiger charge is -2.33. The number of thiophene rings is 1. The summed E-state index contributed by atoms with van der Waals surface area (Å²) in [6.45, 7) is 8.70. The van der Waals surface area contributed by atoms with Crippen molar-refractivity contribution in [1.82, 2.24) is 14.9 Å². The van der Waals surface area contributed by atoms with Gasteiger partial charge < -0.3 is 15.0 Å². The Kier molecular flexibility index (Phi) is 5.67. The lowest BCUT2D eigenvalue weighted by Crippen LogP contribution is -2.41. The first kappa shape index (κ1) is 17.7. The highest BCUT2D eigenvalue weighted by Gasteiger charge is 2.21. The smallest absolute Gasteiger partial charge is 0.227 e. The van der Waals surface area contributed by atoms with Crippen LogP contribution in [0.2, 0.25) is 0 Å². The minimum Gasteiger partial charge on any atom is -0.378 e. The number of piperidine rings is 1. The monoisotopic (exact) mass is 373 g/mol. The fourth-order valence-corrected chi connectivity index (χ4v) is 4.59. The summed E-state index contributed by atoms with van der Waals surface area (Å²) >= 11 is 1.91. The maximum absolute atomic E-state index is 5.42. The molecule has 7 heteroatoms. The second kappa shape index (κ2) is 8.33. The van der Waals surface area contributed by atoms with Gasteiger partial charge in [-0.3, -0.25) is 4.90 Å². The van der Waals surface area contributed by atoms with Crippen molar-refractivity contribution in [3.63, 3.8) is 0 Å². The molecule has 0 spiro atoms. The number of ether oxygens (including phenoxy) is 1. The first-order valence-corrected chi connectivity index (χ1v) is 10.3. The Hall–Kier alpha value is -1.70. The third-order valence-corrected chi connectivity index (χ3v) is 5.96.